The molecule has 4 rings (SSSR count). The fourth-order valence-electron chi connectivity index (χ4n) is 3.62. The fraction of sp³-hybridized carbons (Fsp3) is 0.200. The molecule has 4 nitrogen and oxygen atoms in total. The van der Waals surface area contributed by atoms with Crippen LogP contribution in [-0.2, 0) is 13.0 Å². The van der Waals surface area contributed by atoms with E-state index in [-0.39, 0.29) is 11.6 Å². The van der Waals surface area contributed by atoms with Crippen molar-refractivity contribution in [2.45, 2.75) is 32.9 Å². The van der Waals surface area contributed by atoms with Gasteiger partial charge in [0.15, 0.2) is 5.82 Å². The third-order valence-corrected chi connectivity index (χ3v) is 5.36. The average molecular weight is 385 g/mol. The Morgan fingerprint density at radius 1 is 0.897 bits per heavy atom. The quantitative estimate of drug-likeness (QED) is 0.550. The molecule has 1 heterocycles. The summed E-state index contributed by atoms with van der Waals surface area (Å²) in [5.74, 6) is 0.772. The number of nitrogens with zero attached hydrogens (tertiary/aromatic N) is 2. The summed E-state index contributed by atoms with van der Waals surface area (Å²) < 4.78 is 1.77. The van der Waals surface area contributed by atoms with Crippen LogP contribution in [0, 0.1) is 0 Å². The monoisotopic (exact) mass is 384 g/mol. The van der Waals surface area contributed by atoms with Crippen molar-refractivity contribution in [3.63, 3.8) is 0 Å². The standard InChI is InChI=1S/C25H25N3O/c1-3-19-13-15-21(16-14-19)28-24(18(2)26-17-20-9-5-4-6-10-20)27-23-12-8-7-11-22(23)25(28)29/h4-16,18,26H,3,17H2,1-2H3/p+1/t18-/m1/s1. The van der Waals surface area contributed by atoms with Crippen molar-refractivity contribution in [1.82, 2.24) is 9.55 Å². The molecule has 0 aliphatic carbocycles. The number of fused-ring (bicyclic) bond motifs is 1. The Balaban J connectivity index is 1.79. The second kappa shape index (κ2) is 8.41. The van der Waals surface area contributed by atoms with E-state index in [1.807, 2.05) is 54.6 Å². The summed E-state index contributed by atoms with van der Waals surface area (Å²) in [4.78, 5) is 18.3. The molecule has 1 aromatic heterocycles. The molecule has 146 valence electrons. The highest BCUT2D eigenvalue weighted by atomic mass is 16.1. The van der Waals surface area contributed by atoms with Crippen LogP contribution in [0.3, 0.4) is 0 Å². The van der Waals surface area contributed by atoms with Crippen LogP contribution in [0.25, 0.3) is 16.6 Å². The number of hydrogen-bond acceptors (Lipinski definition) is 2. The predicted octanol–water partition coefficient (Wildman–Crippen LogP) is 3.77. The Bertz CT molecular complexity index is 1160. The molecule has 2 N–H and O–H groups in total. The highest BCUT2D eigenvalue weighted by molar-refractivity contribution is 5.77. The molecule has 0 aliphatic heterocycles. The SMILES string of the molecule is CCc1ccc(-n2c([C@@H](C)[NH2+]Cc3ccccc3)nc3ccccc3c2=O)cc1. The minimum atomic E-state index is -0.0187. The number of aromatic nitrogens is 2. The Kier molecular flexibility index (Phi) is 5.54. The van der Waals surface area contributed by atoms with E-state index in [0.29, 0.717) is 5.39 Å². The van der Waals surface area contributed by atoms with E-state index in [9.17, 15) is 4.79 Å². The molecule has 0 bridgehead atoms. The Morgan fingerprint density at radius 3 is 2.31 bits per heavy atom. The number of rotatable bonds is 6. The highest BCUT2D eigenvalue weighted by Crippen LogP contribution is 2.17. The van der Waals surface area contributed by atoms with Gasteiger partial charge in [-0.05, 0) is 43.2 Å². The number of hydrogen-bond donors (Lipinski definition) is 1. The van der Waals surface area contributed by atoms with Gasteiger partial charge in [-0.1, -0.05) is 61.5 Å². The van der Waals surface area contributed by atoms with E-state index in [2.05, 4.69) is 43.4 Å². The van der Waals surface area contributed by atoms with Crippen molar-refractivity contribution >= 4 is 10.9 Å². The van der Waals surface area contributed by atoms with Gasteiger partial charge in [0.05, 0.1) is 16.6 Å². The number of aryl methyl sites for hydroxylation is 1. The summed E-state index contributed by atoms with van der Waals surface area (Å²) in [6.07, 6.45) is 0.971. The lowest BCUT2D eigenvalue weighted by Crippen LogP contribution is -2.83. The van der Waals surface area contributed by atoms with Gasteiger partial charge >= 0.3 is 0 Å². The summed E-state index contributed by atoms with van der Waals surface area (Å²) in [5.41, 5.74) is 4.09. The summed E-state index contributed by atoms with van der Waals surface area (Å²) in [6, 6.07) is 26.2. The largest absolute Gasteiger partial charge is 0.334 e. The Hall–Kier alpha value is -3.24. The van der Waals surface area contributed by atoms with Crippen LogP contribution in [0.4, 0.5) is 0 Å². The second-order valence-corrected chi connectivity index (χ2v) is 7.36. The minimum absolute atomic E-state index is 0.0187. The van der Waals surface area contributed by atoms with Crippen molar-refractivity contribution in [1.29, 1.82) is 0 Å². The summed E-state index contributed by atoms with van der Waals surface area (Å²) in [5, 5.41) is 2.87. The van der Waals surface area contributed by atoms with Crippen LogP contribution in [0.15, 0.2) is 83.7 Å². The lowest BCUT2D eigenvalue weighted by Gasteiger charge is -2.18. The number of benzene rings is 3. The topological polar surface area (TPSA) is 51.5 Å². The van der Waals surface area contributed by atoms with E-state index in [4.69, 9.17) is 4.98 Å². The van der Waals surface area contributed by atoms with Crippen molar-refractivity contribution in [3.05, 3.63) is 106 Å². The lowest BCUT2D eigenvalue weighted by molar-refractivity contribution is -0.709. The van der Waals surface area contributed by atoms with Crippen LogP contribution >= 0.6 is 0 Å². The molecule has 0 saturated carbocycles. The second-order valence-electron chi connectivity index (χ2n) is 7.36. The third kappa shape index (κ3) is 3.98. The van der Waals surface area contributed by atoms with Crippen LogP contribution in [0.5, 0.6) is 0 Å². The first-order valence-corrected chi connectivity index (χ1v) is 10.2. The fourth-order valence-corrected chi connectivity index (χ4v) is 3.62. The summed E-state index contributed by atoms with van der Waals surface area (Å²) in [6.45, 7) is 5.07. The molecular weight excluding hydrogens is 358 g/mol. The van der Waals surface area contributed by atoms with E-state index in [1.165, 1.54) is 11.1 Å². The van der Waals surface area contributed by atoms with Crippen molar-refractivity contribution in [2.75, 3.05) is 0 Å². The highest BCUT2D eigenvalue weighted by Gasteiger charge is 2.20. The Morgan fingerprint density at radius 2 is 1.59 bits per heavy atom. The normalized spacial score (nSPS) is 12.2. The molecule has 0 saturated heterocycles. The molecule has 0 amide bonds. The first-order chi connectivity index (χ1) is 14.2. The molecule has 4 aromatic rings. The van der Waals surface area contributed by atoms with Gasteiger partial charge in [0, 0.05) is 5.56 Å². The van der Waals surface area contributed by atoms with Crippen LogP contribution in [-0.4, -0.2) is 9.55 Å². The molecule has 0 aliphatic rings. The zero-order chi connectivity index (χ0) is 20.2. The average Bonchev–Trinajstić information content (AvgIpc) is 2.78. The molecule has 0 spiro atoms. The summed E-state index contributed by atoms with van der Waals surface area (Å²) in [7, 11) is 0. The molecule has 0 radical (unpaired) electrons. The molecule has 3 aromatic carbocycles. The zero-order valence-electron chi connectivity index (χ0n) is 16.9. The maximum absolute atomic E-state index is 13.4. The van der Waals surface area contributed by atoms with Crippen LogP contribution < -0.4 is 10.9 Å². The molecule has 4 heteroatoms. The Labute approximate surface area is 170 Å². The predicted molar refractivity (Wildman–Crippen MR) is 117 cm³/mol. The zero-order valence-corrected chi connectivity index (χ0v) is 16.9. The van der Waals surface area contributed by atoms with E-state index >= 15 is 0 Å². The van der Waals surface area contributed by atoms with Gasteiger partial charge in [-0.2, -0.15) is 0 Å². The van der Waals surface area contributed by atoms with E-state index in [0.717, 1.165) is 30.0 Å². The molecule has 0 fully saturated rings. The lowest BCUT2D eigenvalue weighted by atomic mass is 10.1. The van der Waals surface area contributed by atoms with Gasteiger partial charge in [-0.25, -0.2) is 4.98 Å². The van der Waals surface area contributed by atoms with Crippen molar-refractivity contribution in [2.24, 2.45) is 0 Å². The minimum Gasteiger partial charge on any atom is -0.334 e. The van der Waals surface area contributed by atoms with E-state index < -0.39 is 0 Å². The molecule has 1 atom stereocenters. The van der Waals surface area contributed by atoms with Crippen molar-refractivity contribution in [3.8, 4) is 5.69 Å². The third-order valence-electron chi connectivity index (χ3n) is 5.36. The first-order valence-electron chi connectivity index (χ1n) is 10.2. The molecule has 0 unspecified atom stereocenters. The van der Waals surface area contributed by atoms with Crippen LogP contribution in [0.2, 0.25) is 0 Å². The van der Waals surface area contributed by atoms with Gasteiger partial charge in [0.25, 0.3) is 5.56 Å². The molecular formula is C25H26N3O+. The van der Waals surface area contributed by atoms with Gasteiger partial charge in [0.1, 0.15) is 12.6 Å². The van der Waals surface area contributed by atoms with Crippen LogP contribution in [0.1, 0.15) is 36.8 Å². The van der Waals surface area contributed by atoms with Gasteiger partial charge in [-0.3, -0.25) is 9.36 Å². The van der Waals surface area contributed by atoms with Gasteiger partial charge < -0.3 is 5.32 Å². The van der Waals surface area contributed by atoms with Gasteiger partial charge in [-0.15, -0.1) is 0 Å². The maximum atomic E-state index is 13.4. The maximum Gasteiger partial charge on any atom is 0.266 e. The summed E-state index contributed by atoms with van der Waals surface area (Å²) >= 11 is 0. The van der Waals surface area contributed by atoms with Gasteiger partial charge in [0.2, 0.25) is 0 Å². The number of quaternary nitrogens is 1. The van der Waals surface area contributed by atoms with E-state index in [1.54, 1.807) is 4.57 Å². The molecule has 29 heavy (non-hydrogen) atoms. The smallest absolute Gasteiger partial charge is 0.266 e. The van der Waals surface area contributed by atoms with Crippen molar-refractivity contribution < 1.29 is 5.32 Å². The number of nitrogens with two attached hydrogens (primary N) is 1. The first kappa shape index (κ1) is 19.1. The number of para-hydroxylation sites is 1.